The summed E-state index contributed by atoms with van der Waals surface area (Å²) in [6.07, 6.45) is 0.421. The van der Waals surface area contributed by atoms with Crippen LogP contribution < -0.4 is 11.1 Å². The summed E-state index contributed by atoms with van der Waals surface area (Å²) >= 11 is 0. The number of nitrogens with one attached hydrogen (secondary N) is 1. The third kappa shape index (κ3) is 4.37. The molecule has 0 aliphatic heterocycles. The second-order valence-electron chi connectivity index (χ2n) is 4.90. The fourth-order valence-electron chi connectivity index (χ4n) is 1.67. The summed E-state index contributed by atoms with van der Waals surface area (Å²) < 4.78 is 4.62. The maximum absolute atomic E-state index is 11.9. The van der Waals surface area contributed by atoms with Gasteiger partial charge in [0.1, 0.15) is 5.54 Å². The van der Waals surface area contributed by atoms with Gasteiger partial charge >= 0.3 is 5.97 Å². The van der Waals surface area contributed by atoms with Crippen LogP contribution in [0.15, 0.2) is 30.3 Å². The number of nitrogens with two attached hydrogens (primary N) is 1. The van der Waals surface area contributed by atoms with Crippen molar-refractivity contribution in [2.24, 2.45) is 5.73 Å². The number of hydrogen-bond acceptors (Lipinski definition) is 4. The Labute approximate surface area is 113 Å². The predicted molar refractivity (Wildman–Crippen MR) is 72.4 cm³/mol. The SMILES string of the molecule is COC(=O)C(C)(C)NC(=O)C(N)Cc1ccccc1. The van der Waals surface area contributed by atoms with E-state index >= 15 is 0 Å². The second-order valence-corrected chi connectivity index (χ2v) is 4.90. The van der Waals surface area contributed by atoms with Gasteiger partial charge in [0.2, 0.25) is 5.91 Å². The van der Waals surface area contributed by atoms with E-state index in [-0.39, 0.29) is 5.91 Å². The zero-order chi connectivity index (χ0) is 14.5. The summed E-state index contributed by atoms with van der Waals surface area (Å²) in [7, 11) is 1.28. The summed E-state index contributed by atoms with van der Waals surface area (Å²) in [5.41, 5.74) is 5.72. The molecule has 1 aromatic rings. The average molecular weight is 264 g/mol. The number of esters is 1. The molecule has 1 amide bonds. The van der Waals surface area contributed by atoms with Crippen LogP contribution in [-0.2, 0) is 20.7 Å². The molecule has 104 valence electrons. The third-order valence-electron chi connectivity index (χ3n) is 2.77. The molecule has 19 heavy (non-hydrogen) atoms. The first-order chi connectivity index (χ1) is 8.86. The molecule has 0 bridgehead atoms. The van der Waals surface area contributed by atoms with E-state index in [0.29, 0.717) is 6.42 Å². The van der Waals surface area contributed by atoms with Crippen molar-refractivity contribution in [2.75, 3.05) is 7.11 Å². The number of ether oxygens (including phenoxy) is 1. The van der Waals surface area contributed by atoms with Crippen LogP contribution >= 0.6 is 0 Å². The Morgan fingerprint density at radius 2 is 1.89 bits per heavy atom. The van der Waals surface area contributed by atoms with Gasteiger partial charge in [-0.15, -0.1) is 0 Å². The van der Waals surface area contributed by atoms with E-state index in [1.54, 1.807) is 13.8 Å². The lowest BCUT2D eigenvalue weighted by atomic mass is 10.0. The Kier molecular flexibility index (Phi) is 5.06. The number of rotatable bonds is 5. The highest BCUT2D eigenvalue weighted by Gasteiger charge is 2.32. The van der Waals surface area contributed by atoms with Crippen molar-refractivity contribution in [2.45, 2.75) is 31.8 Å². The largest absolute Gasteiger partial charge is 0.467 e. The van der Waals surface area contributed by atoms with Crippen molar-refractivity contribution < 1.29 is 14.3 Å². The minimum Gasteiger partial charge on any atom is -0.467 e. The topological polar surface area (TPSA) is 81.4 Å². The molecule has 5 heteroatoms. The van der Waals surface area contributed by atoms with E-state index < -0.39 is 17.6 Å². The predicted octanol–water partition coefficient (Wildman–Crippen LogP) is 0.624. The van der Waals surface area contributed by atoms with Gasteiger partial charge in [0, 0.05) is 0 Å². The van der Waals surface area contributed by atoms with Crippen molar-refractivity contribution >= 4 is 11.9 Å². The van der Waals surface area contributed by atoms with Crippen LogP contribution in [0.4, 0.5) is 0 Å². The molecule has 0 aliphatic carbocycles. The van der Waals surface area contributed by atoms with Crippen LogP contribution in [0.2, 0.25) is 0 Å². The summed E-state index contributed by atoms with van der Waals surface area (Å²) in [5.74, 6) is -0.882. The highest BCUT2D eigenvalue weighted by atomic mass is 16.5. The van der Waals surface area contributed by atoms with Crippen molar-refractivity contribution in [1.29, 1.82) is 0 Å². The fourth-order valence-corrected chi connectivity index (χ4v) is 1.67. The smallest absolute Gasteiger partial charge is 0.330 e. The number of carbonyl (C=O) groups excluding carboxylic acids is 2. The Balaban J connectivity index is 2.61. The van der Waals surface area contributed by atoms with Crippen LogP contribution in [0.25, 0.3) is 0 Å². The first-order valence-corrected chi connectivity index (χ1v) is 6.07. The van der Waals surface area contributed by atoms with Gasteiger partial charge in [-0.1, -0.05) is 30.3 Å². The zero-order valence-corrected chi connectivity index (χ0v) is 11.5. The molecule has 0 radical (unpaired) electrons. The van der Waals surface area contributed by atoms with Crippen LogP contribution in [0.1, 0.15) is 19.4 Å². The highest BCUT2D eigenvalue weighted by molar-refractivity contribution is 5.89. The second kappa shape index (κ2) is 6.33. The molecule has 0 saturated carbocycles. The Bertz CT molecular complexity index is 443. The van der Waals surface area contributed by atoms with Crippen LogP contribution in [-0.4, -0.2) is 30.6 Å². The molecule has 1 rings (SSSR count). The molecule has 3 N–H and O–H groups in total. The van der Waals surface area contributed by atoms with Crippen molar-refractivity contribution in [1.82, 2.24) is 5.32 Å². The molecule has 1 aromatic carbocycles. The Morgan fingerprint density at radius 3 is 2.42 bits per heavy atom. The third-order valence-corrected chi connectivity index (χ3v) is 2.77. The number of amides is 1. The Hall–Kier alpha value is -1.88. The lowest BCUT2D eigenvalue weighted by Crippen LogP contribution is -2.55. The van der Waals surface area contributed by atoms with E-state index in [4.69, 9.17) is 5.73 Å². The first-order valence-electron chi connectivity index (χ1n) is 6.07. The van der Waals surface area contributed by atoms with Crippen molar-refractivity contribution in [3.8, 4) is 0 Å². The molecule has 1 unspecified atom stereocenters. The van der Waals surface area contributed by atoms with E-state index in [0.717, 1.165) is 5.56 Å². The summed E-state index contributed by atoms with van der Waals surface area (Å²) in [5, 5.41) is 2.59. The molecule has 0 fully saturated rings. The number of benzene rings is 1. The molecule has 0 heterocycles. The molecule has 0 saturated heterocycles. The van der Waals surface area contributed by atoms with Gasteiger partial charge < -0.3 is 15.8 Å². The van der Waals surface area contributed by atoms with E-state index in [1.807, 2.05) is 30.3 Å². The number of carbonyl (C=O) groups is 2. The first kappa shape index (κ1) is 15.2. The molecule has 0 aromatic heterocycles. The lowest BCUT2D eigenvalue weighted by Gasteiger charge is -2.25. The molecule has 0 aliphatic rings. The van der Waals surface area contributed by atoms with Gasteiger partial charge in [-0.2, -0.15) is 0 Å². The van der Waals surface area contributed by atoms with Gasteiger partial charge in [-0.3, -0.25) is 4.79 Å². The Morgan fingerprint density at radius 1 is 1.32 bits per heavy atom. The molecule has 5 nitrogen and oxygen atoms in total. The average Bonchev–Trinajstić information content (AvgIpc) is 2.38. The summed E-state index contributed by atoms with van der Waals surface area (Å²) in [6, 6.07) is 8.77. The van der Waals surface area contributed by atoms with Gasteiger partial charge in [-0.05, 0) is 25.8 Å². The van der Waals surface area contributed by atoms with Gasteiger partial charge in [0.15, 0.2) is 0 Å². The van der Waals surface area contributed by atoms with Gasteiger partial charge in [0.25, 0.3) is 0 Å². The van der Waals surface area contributed by atoms with Crippen molar-refractivity contribution in [3.05, 3.63) is 35.9 Å². The fraction of sp³-hybridized carbons (Fsp3) is 0.429. The van der Waals surface area contributed by atoms with Crippen LogP contribution in [0, 0.1) is 0 Å². The summed E-state index contributed by atoms with van der Waals surface area (Å²) in [6.45, 7) is 3.15. The minimum absolute atomic E-state index is 0.376. The highest BCUT2D eigenvalue weighted by Crippen LogP contribution is 2.07. The minimum atomic E-state index is -1.08. The van der Waals surface area contributed by atoms with Crippen LogP contribution in [0.5, 0.6) is 0 Å². The normalized spacial score (nSPS) is 12.6. The lowest BCUT2D eigenvalue weighted by molar-refractivity contribution is -0.149. The van der Waals surface area contributed by atoms with E-state index in [9.17, 15) is 9.59 Å². The van der Waals surface area contributed by atoms with Crippen LogP contribution in [0.3, 0.4) is 0 Å². The van der Waals surface area contributed by atoms with Gasteiger partial charge in [0.05, 0.1) is 13.2 Å². The molecular formula is C14H20N2O3. The van der Waals surface area contributed by atoms with E-state index in [1.165, 1.54) is 7.11 Å². The standard InChI is InChI=1S/C14H20N2O3/c1-14(2,13(18)19-3)16-12(17)11(15)9-10-7-5-4-6-8-10/h4-8,11H,9,15H2,1-3H3,(H,16,17). The van der Waals surface area contributed by atoms with Gasteiger partial charge in [-0.25, -0.2) is 4.79 Å². The maximum Gasteiger partial charge on any atom is 0.330 e. The quantitative estimate of drug-likeness (QED) is 0.764. The number of hydrogen-bond donors (Lipinski definition) is 2. The zero-order valence-electron chi connectivity index (χ0n) is 11.5. The van der Waals surface area contributed by atoms with E-state index in [2.05, 4.69) is 10.1 Å². The number of methoxy groups -OCH3 is 1. The summed E-state index contributed by atoms with van der Waals surface area (Å²) in [4.78, 5) is 23.4. The molecular weight excluding hydrogens is 244 g/mol. The molecule has 1 atom stereocenters. The van der Waals surface area contributed by atoms with Crippen molar-refractivity contribution in [3.63, 3.8) is 0 Å². The molecule has 0 spiro atoms. The maximum atomic E-state index is 11.9. The monoisotopic (exact) mass is 264 g/mol.